The molecule has 1 saturated heterocycles. The van der Waals surface area contributed by atoms with Crippen molar-refractivity contribution in [3.63, 3.8) is 0 Å². The molecule has 1 saturated carbocycles. The minimum Gasteiger partial charge on any atom is -0.339 e. The summed E-state index contributed by atoms with van der Waals surface area (Å²) in [4.78, 5) is 14.6. The number of rotatable bonds is 3. The van der Waals surface area contributed by atoms with Crippen molar-refractivity contribution >= 4 is 5.91 Å². The first kappa shape index (κ1) is 12.9. The summed E-state index contributed by atoms with van der Waals surface area (Å²) >= 11 is 0. The van der Waals surface area contributed by atoms with Crippen molar-refractivity contribution in [2.75, 3.05) is 19.6 Å². The van der Waals surface area contributed by atoms with Gasteiger partial charge in [-0.25, -0.2) is 0 Å². The summed E-state index contributed by atoms with van der Waals surface area (Å²) in [6.45, 7) is 9.33. The summed E-state index contributed by atoms with van der Waals surface area (Å²) in [6, 6.07) is 0.552. The highest BCUT2D eigenvalue weighted by molar-refractivity contribution is 5.82. The normalized spacial score (nSPS) is 22.5. The molecule has 1 N–H and O–H groups in total. The van der Waals surface area contributed by atoms with E-state index in [1.807, 2.05) is 20.8 Å². The molecule has 3 nitrogen and oxygen atoms in total. The van der Waals surface area contributed by atoms with E-state index in [1.165, 1.54) is 25.7 Å². The Morgan fingerprint density at radius 2 is 1.76 bits per heavy atom. The van der Waals surface area contributed by atoms with Gasteiger partial charge in [-0.1, -0.05) is 20.8 Å². The van der Waals surface area contributed by atoms with Gasteiger partial charge >= 0.3 is 0 Å². The van der Waals surface area contributed by atoms with Crippen molar-refractivity contribution in [1.29, 1.82) is 0 Å². The molecule has 0 radical (unpaired) electrons. The van der Waals surface area contributed by atoms with Crippen LogP contribution in [0.25, 0.3) is 0 Å². The molecule has 0 aromatic rings. The Bertz CT molecular complexity index is 272. The average molecular weight is 238 g/mol. The van der Waals surface area contributed by atoms with Crippen LogP contribution in [0.2, 0.25) is 0 Å². The number of hydrogen-bond donors (Lipinski definition) is 1. The van der Waals surface area contributed by atoms with E-state index in [4.69, 9.17) is 0 Å². The smallest absolute Gasteiger partial charge is 0.228 e. The first-order valence-electron chi connectivity index (χ1n) is 7.00. The molecule has 0 bridgehead atoms. The van der Waals surface area contributed by atoms with Crippen molar-refractivity contribution in [3.8, 4) is 0 Å². The van der Waals surface area contributed by atoms with Gasteiger partial charge in [0, 0.05) is 18.0 Å². The number of nitrogens with one attached hydrogen (secondary N) is 1. The van der Waals surface area contributed by atoms with Crippen molar-refractivity contribution in [3.05, 3.63) is 0 Å². The van der Waals surface area contributed by atoms with E-state index in [1.54, 1.807) is 0 Å². The van der Waals surface area contributed by atoms with Gasteiger partial charge in [-0.15, -0.1) is 0 Å². The zero-order valence-corrected chi connectivity index (χ0v) is 11.5. The van der Waals surface area contributed by atoms with Crippen LogP contribution in [0.15, 0.2) is 0 Å². The SMILES string of the molecule is CC(C)(C)C(=O)N(CC1CCNCC1)C1CC1. The highest BCUT2D eigenvalue weighted by Crippen LogP contribution is 2.32. The minimum atomic E-state index is -0.227. The van der Waals surface area contributed by atoms with Crippen LogP contribution in [0.5, 0.6) is 0 Å². The maximum Gasteiger partial charge on any atom is 0.228 e. The molecule has 2 rings (SSSR count). The second kappa shape index (κ2) is 4.97. The molecule has 3 heteroatoms. The lowest BCUT2D eigenvalue weighted by molar-refractivity contribution is -0.140. The van der Waals surface area contributed by atoms with E-state index in [0.29, 0.717) is 17.9 Å². The summed E-state index contributed by atoms with van der Waals surface area (Å²) in [5, 5.41) is 3.39. The highest BCUT2D eigenvalue weighted by atomic mass is 16.2. The van der Waals surface area contributed by atoms with E-state index in [2.05, 4.69) is 10.2 Å². The van der Waals surface area contributed by atoms with Crippen LogP contribution >= 0.6 is 0 Å². The summed E-state index contributed by atoms with van der Waals surface area (Å²) in [5.74, 6) is 1.06. The lowest BCUT2D eigenvalue weighted by atomic mass is 9.92. The quantitative estimate of drug-likeness (QED) is 0.816. The summed E-state index contributed by atoms with van der Waals surface area (Å²) < 4.78 is 0. The predicted octanol–water partition coefficient (Wildman–Crippen LogP) is 2.02. The Kier molecular flexibility index (Phi) is 3.76. The van der Waals surface area contributed by atoms with Crippen LogP contribution < -0.4 is 5.32 Å². The average Bonchev–Trinajstić information content (AvgIpc) is 3.09. The Hall–Kier alpha value is -0.570. The molecule has 0 spiro atoms. The van der Waals surface area contributed by atoms with Crippen LogP contribution in [-0.4, -0.2) is 36.5 Å². The number of carbonyl (C=O) groups is 1. The van der Waals surface area contributed by atoms with Gasteiger partial charge in [-0.3, -0.25) is 4.79 Å². The Morgan fingerprint density at radius 3 is 2.24 bits per heavy atom. The van der Waals surface area contributed by atoms with Gasteiger partial charge in [0.05, 0.1) is 0 Å². The lowest BCUT2D eigenvalue weighted by Gasteiger charge is -2.34. The maximum atomic E-state index is 12.4. The van der Waals surface area contributed by atoms with E-state index in [-0.39, 0.29) is 5.41 Å². The lowest BCUT2D eigenvalue weighted by Crippen LogP contribution is -2.45. The molecule has 0 atom stereocenters. The van der Waals surface area contributed by atoms with Gasteiger partial charge in [0.1, 0.15) is 0 Å². The van der Waals surface area contributed by atoms with Crippen LogP contribution in [-0.2, 0) is 4.79 Å². The molecule has 1 aliphatic heterocycles. The zero-order chi connectivity index (χ0) is 12.5. The molecule has 2 fully saturated rings. The molecule has 98 valence electrons. The molecule has 1 aliphatic carbocycles. The first-order valence-corrected chi connectivity index (χ1v) is 7.00. The molecule has 0 aromatic carbocycles. The third kappa shape index (κ3) is 3.44. The monoisotopic (exact) mass is 238 g/mol. The molecule has 0 unspecified atom stereocenters. The molecule has 17 heavy (non-hydrogen) atoms. The van der Waals surface area contributed by atoms with Crippen molar-refractivity contribution in [2.45, 2.75) is 52.5 Å². The second-order valence-corrected chi connectivity index (χ2v) is 6.63. The molecule has 0 aromatic heterocycles. The topological polar surface area (TPSA) is 32.3 Å². The molecule has 2 aliphatic rings. The fourth-order valence-electron chi connectivity index (χ4n) is 2.56. The number of hydrogen-bond acceptors (Lipinski definition) is 2. The van der Waals surface area contributed by atoms with Crippen LogP contribution in [0.1, 0.15) is 46.5 Å². The number of carbonyl (C=O) groups excluding carboxylic acids is 1. The van der Waals surface area contributed by atoms with Crippen LogP contribution in [0.4, 0.5) is 0 Å². The Labute approximate surface area is 105 Å². The highest BCUT2D eigenvalue weighted by Gasteiger charge is 2.38. The molecular formula is C14H26N2O. The van der Waals surface area contributed by atoms with Crippen molar-refractivity contribution in [2.24, 2.45) is 11.3 Å². The fourth-order valence-corrected chi connectivity index (χ4v) is 2.56. The van der Waals surface area contributed by atoms with Crippen molar-refractivity contribution < 1.29 is 4.79 Å². The Balaban J connectivity index is 1.95. The summed E-state index contributed by atoms with van der Waals surface area (Å²) in [7, 11) is 0. The van der Waals surface area contributed by atoms with Gasteiger partial charge < -0.3 is 10.2 Å². The van der Waals surface area contributed by atoms with Crippen LogP contribution in [0, 0.1) is 11.3 Å². The third-order valence-electron chi connectivity index (χ3n) is 3.80. The van der Waals surface area contributed by atoms with E-state index in [9.17, 15) is 4.79 Å². The first-order chi connectivity index (χ1) is 7.98. The predicted molar refractivity (Wildman–Crippen MR) is 69.8 cm³/mol. The van der Waals surface area contributed by atoms with Crippen molar-refractivity contribution in [1.82, 2.24) is 10.2 Å². The van der Waals surface area contributed by atoms with E-state index in [0.717, 1.165) is 19.6 Å². The maximum absolute atomic E-state index is 12.4. The summed E-state index contributed by atoms with van der Waals surface area (Å²) in [5.41, 5.74) is -0.227. The molecular weight excluding hydrogens is 212 g/mol. The van der Waals surface area contributed by atoms with Gasteiger partial charge in [0.2, 0.25) is 5.91 Å². The summed E-state index contributed by atoms with van der Waals surface area (Å²) in [6.07, 6.45) is 4.88. The van der Waals surface area contributed by atoms with Gasteiger partial charge in [-0.2, -0.15) is 0 Å². The fraction of sp³-hybridized carbons (Fsp3) is 0.929. The molecule has 1 amide bonds. The van der Waals surface area contributed by atoms with E-state index < -0.39 is 0 Å². The standard InChI is InChI=1S/C14H26N2O/c1-14(2,3)13(17)16(12-4-5-12)10-11-6-8-15-9-7-11/h11-12,15H,4-10H2,1-3H3. The molecule has 1 heterocycles. The van der Waals surface area contributed by atoms with Gasteiger partial charge in [-0.05, 0) is 44.7 Å². The number of piperidine rings is 1. The second-order valence-electron chi connectivity index (χ2n) is 6.63. The van der Waals surface area contributed by atoms with Crippen LogP contribution in [0.3, 0.4) is 0 Å². The number of nitrogens with zero attached hydrogens (tertiary/aromatic N) is 1. The minimum absolute atomic E-state index is 0.227. The van der Waals surface area contributed by atoms with E-state index >= 15 is 0 Å². The Morgan fingerprint density at radius 1 is 1.18 bits per heavy atom. The zero-order valence-electron chi connectivity index (χ0n) is 11.5. The largest absolute Gasteiger partial charge is 0.339 e. The number of amides is 1. The van der Waals surface area contributed by atoms with Gasteiger partial charge in [0.25, 0.3) is 0 Å². The van der Waals surface area contributed by atoms with Gasteiger partial charge in [0.15, 0.2) is 0 Å². The third-order valence-corrected chi connectivity index (χ3v) is 3.80.